The van der Waals surface area contributed by atoms with Crippen LogP contribution in [-0.4, -0.2) is 37.8 Å². The van der Waals surface area contributed by atoms with E-state index in [0.29, 0.717) is 37.5 Å². The van der Waals surface area contributed by atoms with E-state index in [1.54, 1.807) is 6.92 Å². The van der Waals surface area contributed by atoms with Gasteiger partial charge in [-0.1, -0.05) is 0 Å². The molecule has 0 atom stereocenters. The number of benzene rings is 1. The fourth-order valence-corrected chi connectivity index (χ4v) is 4.39. The Morgan fingerprint density at radius 3 is 2.43 bits per heavy atom. The van der Waals surface area contributed by atoms with Gasteiger partial charge in [-0.25, -0.2) is 12.8 Å². The highest BCUT2D eigenvalue weighted by molar-refractivity contribution is 7.89. The summed E-state index contributed by atoms with van der Waals surface area (Å²) < 4.78 is 40.0. The van der Waals surface area contributed by atoms with Crippen molar-refractivity contribution < 1.29 is 17.6 Å². The summed E-state index contributed by atoms with van der Waals surface area (Å²) in [5.41, 5.74) is 0.310. The van der Waals surface area contributed by atoms with Gasteiger partial charge in [0.15, 0.2) is 0 Å². The van der Waals surface area contributed by atoms with E-state index >= 15 is 0 Å². The second kappa shape index (κ2) is 6.20. The highest BCUT2D eigenvalue weighted by Gasteiger charge is 2.34. The van der Waals surface area contributed by atoms with E-state index in [4.69, 9.17) is 0 Å². The molecule has 1 heterocycles. The second-order valence-corrected chi connectivity index (χ2v) is 8.31. The molecule has 3 rings (SSSR count). The smallest absolute Gasteiger partial charge is 0.243 e. The highest BCUT2D eigenvalue weighted by atomic mass is 32.2. The number of rotatable bonds is 4. The number of sulfonamides is 1. The fourth-order valence-electron chi connectivity index (χ4n) is 2.83. The van der Waals surface area contributed by atoms with E-state index in [0.717, 1.165) is 12.8 Å². The number of nitrogens with one attached hydrogen (secondary N) is 1. The van der Waals surface area contributed by atoms with Crippen LogP contribution >= 0.6 is 0 Å². The van der Waals surface area contributed by atoms with Crippen LogP contribution in [0.15, 0.2) is 23.1 Å². The third-order valence-corrected chi connectivity index (χ3v) is 6.41. The van der Waals surface area contributed by atoms with Crippen molar-refractivity contribution in [3.8, 4) is 0 Å². The molecule has 5 nitrogen and oxygen atoms in total. The maximum Gasteiger partial charge on any atom is 0.243 e. The predicted octanol–water partition coefficient (Wildman–Crippen LogP) is 1.81. The second-order valence-electron chi connectivity index (χ2n) is 6.37. The number of carbonyl (C=O) groups excluding carboxylic acids is 1. The molecule has 0 bridgehead atoms. The predicted molar refractivity (Wildman–Crippen MR) is 83.8 cm³/mol. The maximum atomic E-state index is 13.3. The van der Waals surface area contributed by atoms with Crippen LogP contribution < -0.4 is 5.32 Å². The summed E-state index contributed by atoms with van der Waals surface area (Å²) in [5.74, 6) is -0.487. The average molecular weight is 340 g/mol. The number of amides is 1. The van der Waals surface area contributed by atoms with Crippen molar-refractivity contribution in [1.82, 2.24) is 9.62 Å². The van der Waals surface area contributed by atoms with Gasteiger partial charge >= 0.3 is 0 Å². The number of piperidine rings is 1. The van der Waals surface area contributed by atoms with Crippen molar-refractivity contribution in [3.63, 3.8) is 0 Å². The lowest BCUT2D eigenvalue weighted by molar-refractivity contribution is -0.126. The van der Waals surface area contributed by atoms with Crippen molar-refractivity contribution >= 4 is 15.9 Å². The summed E-state index contributed by atoms with van der Waals surface area (Å²) in [5, 5.41) is 2.97. The van der Waals surface area contributed by atoms with Crippen LogP contribution in [0.5, 0.6) is 0 Å². The highest BCUT2D eigenvalue weighted by Crippen LogP contribution is 2.26. The Morgan fingerprint density at radius 2 is 1.87 bits per heavy atom. The lowest BCUT2D eigenvalue weighted by Gasteiger charge is -2.30. The van der Waals surface area contributed by atoms with Crippen LogP contribution in [0, 0.1) is 18.7 Å². The molecule has 1 aliphatic carbocycles. The molecular weight excluding hydrogens is 319 g/mol. The molecule has 1 aliphatic heterocycles. The molecule has 1 amide bonds. The molecule has 1 saturated carbocycles. The number of aryl methyl sites for hydroxylation is 1. The molecule has 23 heavy (non-hydrogen) atoms. The van der Waals surface area contributed by atoms with Gasteiger partial charge in [-0.15, -0.1) is 0 Å². The molecular formula is C16H21FN2O3S. The maximum absolute atomic E-state index is 13.3. The van der Waals surface area contributed by atoms with Gasteiger partial charge in [0.25, 0.3) is 0 Å². The van der Waals surface area contributed by atoms with Crippen LogP contribution in [0.3, 0.4) is 0 Å². The molecule has 7 heteroatoms. The Labute approximate surface area is 135 Å². The zero-order valence-corrected chi connectivity index (χ0v) is 13.9. The Hall–Kier alpha value is -1.47. The van der Waals surface area contributed by atoms with Gasteiger partial charge in [-0.3, -0.25) is 4.79 Å². The average Bonchev–Trinajstić information content (AvgIpc) is 3.34. The molecule has 0 unspecified atom stereocenters. The number of halogens is 1. The summed E-state index contributed by atoms with van der Waals surface area (Å²) >= 11 is 0. The lowest BCUT2D eigenvalue weighted by Crippen LogP contribution is -2.43. The van der Waals surface area contributed by atoms with Gasteiger partial charge in [0.1, 0.15) is 5.82 Å². The Balaban J connectivity index is 1.65. The van der Waals surface area contributed by atoms with Gasteiger partial charge in [-0.2, -0.15) is 4.31 Å². The summed E-state index contributed by atoms with van der Waals surface area (Å²) in [6, 6.07) is 4.16. The molecule has 1 aromatic carbocycles. The van der Waals surface area contributed by atoms with E-state index in [9.17, 15) is 17.6 Å². The Morgan fingerprint density at radius 1 is 1.22 bits per heavy atom. The Kier molecular flexibility index (Phi) is 4.42. The minimum absolute atomic E-state index is 0.0437. The van der Waals surface area contributed by atoms with E-state index in [-0.39, 0.29) is 16.7 Å². The number of hydrogen-bond donors (Lipinski definition) is 1. The monoisotopic (exact) mass is 340 g/mol. The quantitative estimate of drug-likeness (QED) is 0.909. The Bertz CT molecular complexity index is 708. The number of carbonyl (C=O) groups is 1. The SMILES string of the molecule is Cc1cc(S(=O)(=O)N2CCC(C(=O)NC3CC3)CC2)ccc1F. The van der Waals surface area contributed by atoms with Crippen molar-refractivity contribution in [2.45, 2.75) is 43.5 Å². The summed E-state index contributed by atoms with van der Waals surface area (Å²) in [6.45, 7) is 2.19. The first-order valence-corrected chi connectivity index (χ1v) is 9.38. The third kappa shape index (κ3) is 3.55. The van der Waals surface area contributed by atoms with Gasteiger partial charge in [0.05, 0.1) is 4.90 Å². The normalized spacial score (nSPS) is 20.4. The van der Waals surface area contributed by atoms with Crippen LogP contribution in [0.1, 0.15) is 31.2 Å². The largest absolute Gasteiger partial charge is 0.353 e. The molecule has 2 aliphatic rings. The number of hydrogen-bond acceptors (Lipinski definition) is 3. The van der Waals surface area contributed by atoms with E-state index < -0.39 is 15.8 Å². The van der Waals surface area contributed by atoms with E-state index in [1.165, 1.54) is 22.5 Å². The first-order chi connectivity index (χ1) is 10.9. The van der Waals surface area contributed by atoms with Crippen LogP contribution in [0.4, 0.5) is 4.39 Å². The molecule has 126 valence electrons. The summed E-state index contributed by atoms with van der Waals surface area (Å²) in [7, 11) is -3.63. The summed E-state index contributed by atoms with van der Waals surface area (Å²) in [6.07, 6.45) is 3.14. The van der Waals surface area contributed by atoms with Crippen LogP contribution in [-0.2, 0) is 14.8 Å². The summed E-state index contributed by atoms with van der Waals surface area (Å²) in [4.78, 5) is 12.1. The van der Waals surface area contributed by atoms with Crippen LogP contribution in [0.25, 0.3) is 0 Å². The molecule has 1 N–H and O–H groups in total. The van der Waals surface area contributed by atoms with Gasteiger partial charge in [-0.05, 0) is 56.4 Å². The third-order valence-electron chi connectivity index (χ3n) is 4.52. The van der Waals surface area contributed by atoms with Crippen molar-refractivity contribution in [2.75, 3.05) is 13.1 Å². The topological polar surface area (TPSA) is 66.5 Å². The van der Waals surface area contributed by atoms with Gasteiger partial charge in [0, 0.05) is 25.0 Å². The zero-order chi connectivity index (χ0) is 16.6. The van der Waals surface area contributed by atoms with E-state index in [1.807, 2.05) is 0 Å². The van der Waals surface area contributed by atoms with Crippen molar-refractivity contribution in [1.29, 1.82) is 0 Å². The molecule has 0 radical (unpaired) electrons. The van der Waals surface area contributed by atoms with Crippen LogP contribution in [0.2, 0.25) is 0 Å². The molecule has 0 spiro atoms. The first kappa shape index (κ1) is 16.4. The van der Waals surface area contributed by atoms with E-state index in [2.05, 4.69) is 5.32 Å². The molecule has 0 aromatic heterocycles. The lowest BCUT2D eigenvalue weighted by atomic mass is 9.97. The molecule has 2 fully saturated rings. The zero-order valence-electron chi connectivity index (χ0n) is 13.1. The van der Waals surface area contributed by atoms with Gasteiger partial charge < -0.3 is 5.32 Å². The minimum Gasteiger partial charge on any atom is -0.353 e. The number of nitrogens with zero attached hydrogens (tertiary/aromatic N) is 1. The molecule has 1 aromatic rings. The van der Waals surface area contributed by atoms with Crippen molar-refractivity contribution in [2.24, 2.45) is 5.92 Å². The standard InChI is InChI=1S/C16H21FN2O3S/c1-11-10-14(4-5-15(11)17)23(21,22)19-8-6-12(7-9-19)16(20)18-13-2-3-13/h4-5,10,12-13H,2-3,6-9H2,1H3,(H,18,20). The molecule has 1 saturated heterocycles. The first-order valence-electron chi connectivity index (χ1n) is 7.94. The fraction of sp³-hybridized carbons (Fsp3) is 0.562. The van der Waals surface area contributed by atoms with Gasteiger partial charge in [0.2, 0.25) is 15.9 Å². The van der Waals surface area contributed by atoms with Crippen molar-refractivity contribution in [3.05, 3.63) is 29.6 Å². The minimum atomic E-state index is -3.63.